The Morgan fingerprint density at radius 3 is 2.62 bits per heavy atom. The molecule has 2 rings (SSSR count). The Morgan fingerprint density at radius 2 is 2.00 bits per heavy atom. The average Bonchev–Trinajstić information content (AvgIpc) is 2.74. The van der Waals surface area contributed by atoms with Crippen molar-refractivity contribution in [2.24, 2.45) is 11.7 Å². The zero-order valence-electron chi connectivity index (χ0n) is 9.56. The summed E-state index contributed by atoms with van der Waals surface area (Å²) >= 11 is 0. The van der Waals surface area contributed by atoms with Crippen LogP contribution in [0.2, 0.25) is 0 Å². The molecule has 1 aromatic carbocycles. The standard InChI is InChI=1S/C14H19NO/c15-13-8-7-12(10-13)14(16)9-6-11-4-2-1-3-5-11/h1-5,12-13H,6-10,15H2. The van der Waals surface area contributed by atoms with Crippen LogP contribution in [0, 0.1) is 5.92 Å². The Balaban J connectivity index is 1.80. The average molecular weight is 217 g/mol. The van der Waals surface area contributed by atoms with Gasteiger partial charge in [-0.15, -0.1) is 0 Å². The van der Waals surface area contributed by atoms with Crippen molar-refractivity contribution in [2.75, 3.05) is 0 Å². The molecule has 16 heavy (non-hydrogen) atoms. The molecule has 1 saturated carbocycles. The number of hydrogen-bond donors (Lipinski definition) is 1. The van der Waals surface area contributed by atoms with Gasteiger partial charge in [-0.25, -0.2) is 0 Å². The summed E-state index contributed by atoms with van der Waals surface area (Å²) in [5, 5.41) is 0. The number of aryl methyl sites for hydroxylation is 1. The van der Waals surface area contributed by atoms with Crippen molar-refractivity contribution >= 4 is 5.78 Å². The topological polar surface area (TPSA) is 43.1 Å². The van der Waals surface area contributed by atoms with Gasteiger partial charge in [0.25, 0.3) is 0 Å². The lowest BCUT2D eigenvalue weighted by atomic mass is 9.96. The summed E-state index contributed by atoms with van der Waals surface area (Å²) in [6.45, 7) is 0. The first-order valence-electron chi connectivity index (χ1n) is 6.08. The normalized spacial score (nSPS) is 24.6. The molecular formula is C14H19NO. The number of Topliss-reactive ketones (excluding diaryl/α,β-unsaturated/α-hetero) is 1. The van der Waals surface area contributed by atoms with Crippen LogP contribution in [-0.2, 0) is 11.2 Å². The van der Waals surface area contributed by atoms with Crippen LogP contribution in [-0.4, -0.2) is 11.8 Å². The molecule has 0 amide bonds. The van der Waals surface area contributed by atoms with Crippen LogP contribution in [0.5, 0.6) is 0 Å². The minimum absolute atomic E-state index is 0.235. The number of ketones is 1. The molecule has 0 aromatic heterocycles. The maximum absolute atomic E-state index is 11.9. The third-order valence-corrected chi connectivity index (χ3v) is 3.43. The molecule has 86 valence electrons. The fourth-order valence-electron chi connectivity index (χ4n) is 2.43. The Morgan fingerprint density at radius 1 is 1.25 bits per heavy atom. The molecule has 1 aliphatic carbocycles. The van der Waals surface area contributed by atoms with Gasteiger partial charge in [0.2, 0.25) is 0 Å². The molecule has 2 nitrogen and oxygen atoms in total. The van der Waals surface area contributed by atoms with Crippen LogP contribution in [0.1, 0.15) is 31.2 Å². The molecule has 0 bridgehead atoms. The number of nitrogens with two attached hydrogens (primary N) is 1. The van der Waals surface area contributed by atoms with Crippen molar-refractivity contribution in [3.63, 3.8) is 0 Å². The van der Waals surface area contributed by atoms with E-state index in [1.807, 2.05) is 18.2 Å². The number of carbonyl (C=O) groups excluding carboxylic acids is 1. The highest BCUT2D eigenvalue weighted by Gasteiger charge is 2.26. The Labute approximate surface area is 96.8 Å². The second-order valence-corrected chi connectivity index (χ2v) is 4.72. The molecule has 0 aliphatic heterocycles. The van der Waals surface area contributed by atoms with Crippen LogP contribution in [0.15, 0.2) is 30.3 Å². The number of hydrogen-bond acceptors (Lipinski definition) is 2. The van der Waals surface area contributed by atoms with E-state index in [1.54, 1.807) is 0 Å². The van der Waals surface area contributed by atoms with E-state index in [0.29, 0.717) is 12.2 Å². The summed E-state index contributed by atoms with van der Waals surface area (Å²) in [6.07, 6.45) is 4.44. The molecule has 1 aliphatic rings. The van der Waals surface area contributed by atoms with Crippen molar-refractivity contribution in [3.05, 3.63) is 35.9 Å². The van der Waals surface area contributed by atoms with Gasteiger partial charge >= 0.3 is 0 Å². The number of rotatable bonds is 4. The molecule has 2 heteroatoms. The third-order valence-electron chi connectivity index (χ3n) is 3.43. The lowest BCUT2D eigenvalue weighted by molar-refractivity contribution is -0.122. The van der Waals surface area contributed by atoms with Crippen molar-refractivity contribution in [1.82, 2.24) is 0 Å². The van der Waals surface area contributed by atoms with Crippen LogP contribution in [0.25, 0.3) is 0 Å². The van der Waals surface area contributed by atoms with Gasteiger partial charge in [-0.3, -0.25) is 4.79 Å². The molecule has 0 spiro atoms. The summed E-state index contributed by atoms with van der Waals surface area (Å²) in [4.78, 5) is 11.9. The van der Waals surface area contributed by atoms with Crippen LogP contribution in [0.3, 0.4) is 0 Å². The van der Waals surface area contributed by atoms with Crippen molar-refractivity contribution in [3.8, 4) is 0 Å². The highest BCUT2D eigenvalue weighted by molar-refractivity contribution is 5.81. The predicted octanol–water partition coefficient (Wildman–Crippen LogP) is 2.32. The fraction of sp³-hybridized carbons (Fsp3) is 0.500. The highest BCUT2D eigenvalue weighted by atomic mass is 16.1. The predicted molar refractivity (Wildman–Crippen MR) is 65.1 cm³/mol. The smallest absolute Gasteiger partial charge is 0.136 e. The van der Waals surface area contributed by atoms with Gasteiger partial charge < -0.3 is 5.73 Å². The molecule has 1 aromatic rings. The largest absolute Gasteiger partial charge is 0.328 e. The lowest BCUT2D eigenvalue weighted by Gasteiger charge is -2.08. The summed E-state index contributed by atoms with van der Waals surface area (Å²) in [5.41, 5.74) is 7.07. The van der Waals surface area contributed by atoms with E-state index >= 15 is 0 Å². The van der Waals surface area contributed by atoms with Gasteiger partial charge in [0.15, 0.2) is 0 Å². The van der Waals surface area contributed by atoms with E-state index in [9.17, 15) is 4.79 Å². The minimum atomic E-state index is 0.235. The zero-order valence-corrected chi connectivity index (χ0v) is 9.56. The van der Waals surface area contributed by atoms with Crippen LogP contribution >= 0.6 is 0 Å². The van der Waals surface area contributed by atoms with Gasteiger partial charge in [-0.05, 0) is 31.2 Å². The molecule has 2 atom stereocenters. The molecule has 2 unspecified atom stereocenters. The molecule has 0 saturated heterocycles. The molecule has 2 N–H and O–H groups in total. The highest BCUT2D eigenvalue weighted by Crippen LogP contribution is 2.26. The zero-order chi connectivity index (χ0) is 11.4. The van der Waals surface area contributed by atoms with E-state index in [0.717, 1.165) is 25.7 Å². The van der Waals surface area contributed by atoms with Gasteiger partial charge in [0.05, 0.1) is 0 Å². The van der Waals surface area contributed by atoms with Crippen molar-refractivity contribution in [2.45, 2.75) is 38.1 Å². The first-order chi connectivity index (χ1) is 7.75. The second kappa shape index (κ2) is 5.26. The summed E-state index contributed by atoms with van der Waals surface area (Å²) in [6, 6.07) is 10.4. The first-order valence-corrected chi connectivity index (χ1v) is 6.08. The SMILES string of the molecule is NC1CCC(C(=O)CCc2ccccc2)C1. The summed E-state index contributed by atoms with van der Waals surface area (Å²) in [5.74, 6) is 0.635. The van der Waals surface area contributed by atoms with Gasteiger partial charge in [-0.1, -0.05) is 30.3 Å². The quantitative estimate of drug-likeness (QED) is 0.841. The number of carbonyl (C=O) groups is 1. The van der Waals surface area contributed by atoms with E-state index in [4.69, 9.17) is 5.73 Å². The monoisotopic (exact) mass is 217 g/mol. The van der Waals surface area contributed by atoms with Crippen molar-refractivity contribution in [1.29, 1.82) is 0 Å². The Hall–Kier alpha value is -1.15. The van der Waals surface area contributed by atoms with Crippen LogP contribution < -0.4 is 5.73 Å². The van der Waals surface area contributed by atoms with Crippen LogP contribution in [0.4, 0.5) is 0 Å². The number of benzene rings is 1. The third kappa shape index (κ3) is 2.92. The molecule has 1 fully saturated rings. The van der Waals surface area contributed by atoms with E-state index in [-0.39, 0.29) is 12.0 Å². The maximum atomic E-state index is 11.9. The minimum Gasteiger partial charge on any atom is -0.328 e. The molecular weight excluding hydrogens is 198 g/mol. The second-order valence-electron chi connectivity index (χ2n) is 4.72. The first kappa shape index (κ1) is 11.3. The van der Waals surface area contributed by atoms with E-state index in [1.165, 1.54) is 5.56 Å². The Kier molecular flexibility index (Phi) is 3.73. The van der Waals surface area contributed by atoms with Gasteiger partial charge in [0.1, 0.15) is 5.78 Å². The maximum Gasteiger partial charge on any atom is 0.136 e. The van der Waals surface area contributed by atoms with Crippen molar-refractivity contribution < 1.29 is 4.79 Å². The summed E-state index contributed by atoms with van der Waals surface area (Å²) < 4.78 is 0. The fourth-order valence-corrected chi connectivity index (χ4v) is 2.43. The molecule has 0 heterocycles. The lowest BCUT2D eigenvalue weighted by Crippen LogP contribution is -2.18. The summed E-state index contributed by atoms with van der Waals surface area (Å²) in [7, 11) is 0. The van der Waals surface area contributed by atoms with Gasteiger partial charge in [0, 0.05) is 18.4 Å². The molecule has 0 radical (unpaired) electrons. The van der Waals surface area contributed by atoms with Gasteiger partial charge in [-0.2, -0.15) is 0 Å². The van der Waals surface area contributed by atoms with E-state index < -0.39 is 0 Å². The Bertz CT molecular complexity index is 347. The van der Waals surface area contributed by atoms with E-state index in [2.05, 4.69) is 12.1 Å².